The Morgan fingerprint density at radius 2 is 1.85 bits per heavy atom. The minimum absolute atomic E-state index is 0.115. The van der Waals surface area contributed by atoms with Gasteiger partial charge in [0, 0.05) is 55.6 Å². The Kier molecular flexibility index (Phi) is 5.78. The fraction of sp³-hybridized carbons (Fsp3) is 0.333. The molecule has 1 fully saturated rings. The molecule has 5 rings (SSSR count). The minimum atomic E-state index is -0.487. The number of morpholine rings is 1. The first-order valence-electron chi connectivity index (χ1n) is 11.2. The second kappa shape index (κ2) is 9.03. The van der Waals surface area contributed by atoms with E-state index in [4.69, 9.17) is 9.72 Å². The number of nitrogens with zero attached hydrogens (tertiary/aromatic N) is 4. The number of nitrogens with one attached hydrogen (secondary N) is 1. The highest BCUT2D eigenvalue weighted by molar-refractivity contribution is 6.08. The van der Waals surface area contributed by atoms with E-state index in [9.17, 15) is 14.9 Å². The standard InChI is InChI=1S/C24H25N5O4/c30-24(20-15-19(29(31)32)8-9-22(20)27-11-13-33-14-12-27)25-18-6-4-17(5-7-18)21-16-28-10-2-1-3-23(28)26-21/h4-9,15-16H,1-3,10-14H2,(H,25,30). The number of ether oxygens (including phenoxy) is 1. The number of non-ortho nitro benzene ring substituents is 1. The van der Waals surface area contributed by atoms with Crippen LogP contribution in [0.25, 0.3) is 11.3 Å². The zero-order valence-electron chi connectivity index (χ0n) is 18.2. The lowest BCUT2D eigenvalue weighted by atomic mass is 10.1. The smallest absolute Gasteiger partial charge is 0.270 e. The second-order valence-corrected chi connectivity index (χ2v) is 8.28. The summed E-state index contributed by atoms with van der Waals surface area (Å²) >= 11 is 0. The summed E-state index contributed by atoms with van der Waals surface area (Å²) in [4.78, 5) is 30.7. The molecule has 1 saturated heterocycles. The highest BCUT2D eigenvalue weighted by Gasteiger charge is 2.22. The molecule has 9 nitrogen and oxygen atoms in total. The van der Waals surface area contributed by atoms with E-state index in [0.29, 0.717) is 37.7 Å². The summed E-state index contributed by atoms with van der Waals surface area (Å²) in [6.07, 6.45) is 5.44. The van der Waals surface area contributed by atoms with E-state index in [1.807, 2.05) is 29.2 Å². The van der Waals surface area contributed by atoms with Gasteiger partial charge in [0.2, 0.25) is 0 Å². The molecule has 3 aromatic rings. The third kappa shape index (κ3) is 4.45. The highest BCUT2D eigenvalue weighted by atomic mass is 16.6. The van der Waals surface area contributed by atoms with Gasteiger partial charge in [0.1, 0.15) is 5.82 Å². The molecule has 2 aliphatic rings. The molecular weight excluding hydrogens is 422 g/mol. The number of anilines is 2. The first-order valence-corrected chi connectivity index (χ1v) is 11.2. The molecule has 0 saturated carbocycles. The zero-order chi connectivity index (χ0) is 22.8. The summed E-state index contributed by atoms with van der Waals surface area (Å²) in [5.41, 5.74) is 3.36. The van der Waals surface area contributed by atoms with E-state index in [-0.39, 0.29) is 17.2 Å². The van der Waals surface area contributed by atoms with Crippen LogP contribution in [0.1, 0.15) is 29.0 Å². The number of aryl methyl sites for hydroxylation is 2. The van der Waals surface area contributed by atoms with Gasteiger partial charge in [-0.3, -0.25) is 14.9 Å². The Labute approximate surface area is 191 Å². The van der Waals surface area contributed by atoms with Crippen molar-refractivity contribution in [3.63, 3.8) is 0 Å². The quantitative estimate of drug-likeness (QED) is 0.470. The number of rotatable bonds is 5. The van der Waals surface area contributed by atoms with Gasteiger partial charge in [0.05, 0.1) is 35.1 Å². The Morgan fingerprint density at radius 3 is 2.58 bits per heavy atom. The van der Waals surface area contributed by atoms with Crippen LogP contribution >= 0.6 is 0 Å². The zero-order valence-corrected chi connectivity index (χ0v) is 18.2. The van der Waals surface area contributed by atoms with Crippen LogP contribution in [0, 0.1) is 10.1 Å². The average molecular weight is 447 g/mol. The molecule has 33 heavy (non-hydrogen) atoms. The fourth-order valence-corrected chi connectivity index (χ4v) is 4.37. The van der Waals surface area contributed by atoms with Gasteiger partial charge in [0.15, 0.2) is 0 Å². The van der Waals surface area contributed by atoms with Crippen LogP contribution in [-0.2, 0) is 17.7 Å². The molecule has 0 aliphatic carbocycles. The highest BCUT2D eigenvalue weighted by Crippen LogP contribution is 2.28. The number of aromatic nitrogens is 2. The van der Waals surface area contributed by atoms with E-state index < -0.39 is 4.92 Å². The summed E-state index contributed by atoms with van der Waals surface area (Å²) < 4.78 is 7.61. The Hall–Kier alpha value is -3.72. The number of hydrogen-bond donors (Lipinski definition) is 1. The molecule has 0 radical (unpaired) electrons. The molecule has 0 bridgehead atoms. The van der Waals surface area contributed by atoms with Crippen molar-refractivity contribution in [3.05, 3.63) is 70.2 Å². The van der Waals surface area contributed by atoms with Crippen molar-refractivity contribution in [2.75, 3.05) is 36.5 Å². The Morgan fingerprint density at radius 1 is 1.06 bits per heavy atom. The Bertz CT molecular complexity index is 1160. The Balaban J connectivity index is 1.37. The van der Waals surface area contributed by atoms with Crippen LogP contribution < -0.4 is 10.2 Å². The van der Waals surface area contributed by atoms with Crippen LogP contribution in [0.15, 0.2) is 48.7 Å². The average Bonchev–Trinajstić information content (AvgIpc) is 3.29. The first-order chi connectivity index (χ1) is 16.1. The van der Waals surface area contributed by atoms with Gasteiger partial charge in [0.25, 0.3) is 11.6 Å². The molecule has 2 aliphatic heterocycles. The molecule has 3 heterocycles. The molecule has 1 aromatic heterocycles. The molecule has 0 unspecified atom stereocenters. The van der Waals surface area contributed by atoms with Crippen molar-refractivity contribution in [2.45, 2.75) is 25.8 Å². The molecular formula is C24H25N5O4. The summed E-state index contributed by atoms with van der Waals surface area (Å²) in [7, 11) is 0. The maximum Gasteiger partial charge on any atom is 0.270 e. The van der Waals surface area contributed by atoms with Gasteiger partial charge in [-0.1, -0.05) is 12.1 Å². The normalized spacial score (nSPS) is 15.7. The molecule has 9 heteroatoms. The lowest BCUT2D eigenvalue weighted by molar-refractivity contribution is -0.384. The van der Waals surface area contributed by atoms with Crippen LogP contribution in [0.3, 0.4) is 0 Å². The minimum Gasteiger partial charge on any atom is -0.378 e. The van der Waals surface area contributed by atoms with Crippen LogP contribution in [0.4, 0.5) is 17.1 Å². The van der Waals surface area contributed by atoms with Crippen LogP contribution in [0.5, 0.6) is 0 Å². The molecule has 0 spiro atoms. The van der Waals surface area contributed by atoms with E-state index >= 15 is 0 Å². The number of carbonyl (C=O) groups excluding carboxylic acids is 1. The summed E-state index contributed by atoms with van der Waals surface area (Å²) in [6, 6.07) is 11.9. The van der Waals surface area contributed by atoms with Gasteiger partial charge in [-0.25, -0.2) is 4.98 Å². The third-order valence-corrected chi connectivity index (χ3v) is 6.13. The number of imidazole rings is 1. The number of carbonyl (C=O) groups is 1. The number of nitro benzene ring substituents is 1. The summed E-state index contributed by atoms with van der Waals surface area (Å²) in [5.74, 6) is 0.736. The number of nitro groups is 1. The van der Waals surface area contributed by atoms with Gasteiger partial charge in [-0.05, 0) is 31.0 Å². The topological polar surface area (TPSA) is 103 Å². The number of amides is 1. The van der Waals surface area contributed by atoms with Crippen molar-refractivity contribution in [3.8, 4) is 11.3 Å². The van der Waals surface area contributed by atoms with E-state index in [1.165, 1.54) is 25.0 Å². The predicted octanol–water partition coefficient (Wildman–Crippen LogP) is 3.88. The van der Waals surface area contributed by atoms with E-state index in [0.717, 1.165) is 30.0 Å². The first kappa shape index (κ1) is 21.1. The molecule has 170 valence electrons. The van der Waals surface area contributed by atoms with E-state index in [2.05, 4.69) is 16.1 Å². The largest absolute Gasteiger partial charge is 0.378 e. The lowest BCUT2D eigenvalue weighted by Gasteiger charge is -2.30. The van der Waals surface area contributed by atoms with Crippen molar-refractivity contribution in [1.82, 2.24) is 9.55 Å². The third-order valence-electron chi connectivity index (χ3n) is 6.13. The van der Waals surface area contributed by atoms with Crippen LogP contribution in [-0.4, -0.2) is 46.7 Å². The number of hydrogen-bond acceptors (Lipinski definition) is 6. The fourth-order valence-electron chi connectivity index (χ4n) is 4.37. The van der Waals surface area contributed by atoms with Gasteiger partial charge in [-0.15, -0.1) is 0 Å². The molecule has 1 amide bonds. The van der Waals surface area contributed by atoms with Crippen molar-refractivity contribution >= 4 is 23.0 Å². The van der Waals surface area contributed by atoms with Crippen molar-refractivity contribution in [1.29, 1.82) is 0 Å². The monoisotopic (exact) mass is 447 g/mol. The maximum absolute atomic E-state index is 13.1. The van der Waals surface area contributed by atoms with Crippen LogP contribution in [0.2, 0.25) is 0 Å². The second-order valence-electron chi connectivity index (χ2n) is 8.28. The molecule has 1 N–H and O–H groups in total. The number of fused-ring (bicyclic) bond motifs is 1. The molecule has 0 atom stereocenters. The van der Waals surface area contributed by atoms with Gasteiger partial charge >= 0.3 is 0 Å². The SMILES string of the molecule is O=C(Nc1ccc(-c2cn3c(n2)CCCC3)cc1)c1cc([N+](=O)[O-])ccc1N1CCOCC1. The van der Waals surface area contributed by atoms with Crippen molar-refractivity contribution < 1.29 is 14.5 Å². The lowest BCUT2D eigenvalue weighted by Crippen LogP contribution is -2.37. The summed E-state index contributed by atoms with van der Waals surface area (Å²) in [5, 5.41) is 14.2. The van der Waals surface area contributed by atoms with Gasteiger partial charge in [-0.2, -0.15) is 0 Å². The van der Waals surface area contributed by atoms with Crippen molar-refractivity contribution in [2.24, 2.45) is 0 Å². The van der Waals surface area contributed by atoms with E-state index in [1.54, 1.807) is 6.07 Å². The summed E-state index contributed by atoms with van der Waals surface area (Å²) in [6.45, 7) is 3.36. The number of benzene rings is 2. The predicted molar refractivity (Wildman–Crippen MR) is 125 cm³/mol. The molecule has 2 aromatic carbocycles. The van der Waals surface area contributed by atoms with Gasteiger partial charge < -0.3 is 19.5 Å². The maximum atomic E-state index is 13.1.